The lowest BCUT2D eigenvalue weighted by molar-refractivity contribution is 0.0833. The maximum absolute atomic E-state index is 13.6. The maximum Gasteiger partial charge on any atom is 0.123 e. The zero-order valence-electron chi connectivity index (χ0n) is 12.8. The standard InChI is InChI=1S/C16H25ClFN3/c1-16(2,21-9-5-3-4-6-10-21)15(20-19)13-11-12(18)7-8-14(13)17/h7-8,11,15,20H,3-6,9-10,19H2,1-2H3. The molecule has 1 atom stereocenters. The molecule has 118 valence electrons. The Labute approximate surface area is 131 Å². The van der Waals surface area contributed by atoms with Gasteiger partial charge in [-0.15, -0.1) is 0 Å². The van der Waals surface area contributed by atoms with Crippen molar-refractivity contribution in [1.82, 2.24) is 10.3 Å². The third-order valence-electron chi connectivity index (χ3n) is 4.56. The lowest BCUT2D eigenvalue weighted by Gasteiger charge is -2.44. The normalized spacial score (nSPS) is 19.3. The summed E-state index contributed by atoms with van der Waals surface area (Å²) in [6, 6.07) is 4.22. The van der Waals surface area contributed by atoms with Crippen molar-refractivity contribution in [3.8, 4) is 0 Å². The molecule has 2 rings (SSSR count). The van der Waals surface area contributed by atoms with Gasteiger partial charge in [0.15, 0.2) is 0 Å². The predicted octanol–water partition coefficient (Wildman–Crippen LogP) is 3.64. The molecule has 1 fully saturated rings. The molecule has 0 saturated carbocycles. The van der Waals surface area contributed by atoms with E-state index in [1.165, 1.54) is 37.8 Å². The molecule has 0 radical (unpaired) electrons. The quantitative estimate of drug-likeness (QED) is 0.658. The Morgan fingerprint density at radius 3 is 2.43 bits per heavy atom. The first-order valence-electron chi connectivity index (χ1n) is 7.63. The minimum Gasteiger partial charge on any atom is -0.296 e. The first kappa shape index (κ1) is 16.7. The van der Waals surface area contributed by atoms with Crippen molar-refractivity contribution < 1.29 is 4.39 Å². The molecule has 0 bridgehead atoms. The highest BCUT2D eigenvalue weighted by Crippen LogP contribution is 2.35. The van der Waals surface area contributed by atoms with Gasteiger partial charge in [0.2, 0.25) is 0 Å². The fraction of sp³-hybridized carbons (Fsp3) is 0.625. The number of nitrogens with one attached hydrogen (secondary N) is 1. The van der Waals surface area contributed by atoms with Gasteiger partial charge in [-0.25, -0.2) is 4.39 Å². The second-order valence-corrected chi connectivity index (χ2v) is 6.73. The highest BCUT2D eigenvalue weighted by molar-refractivity contribution is 6.31. The molecule has 3 nitrogen and oxygen atoms in total. The highest BCUT2D eigenvalue weighted by Gasteiger charge is 2.37. The summed E-state index contributed by atoms with van der Waals surface area (Å²) in [5.74, 6) is 5.51. The van der Waals surface area contributed by atoms with Crippen LogP contribution in [0.4, 0.5) is 4.39 Å². The van der Waals surface area contributed by atoms with Gasteiger partial charge in [-0.05, 0) is 63.5 Å². The zero-order chi connectivity index (χ0) is 15.5. The van der Waals surface area contributed by atoms with Gasteiger partial charge in [0.1, 0.15) is 5.82 Å². The van der Waals surface area contributed by atoms with Gasteiger partial charge in [-0.1, -0.05) is 24.4 Å². The van der Waals surface area contributed by atoms with E-state index in [4.69, 9.17) is 17.4 Å². The zero-order valence-corrected chi connectivity index (χ0v) is 13.6. The van der Waals surface area contributed by atoms with E-state index in [-0.39, 0.29) is 17.4 Å². The Hall–Kier alpha value is -0.680. The molecule has 1 unspecified atom stereocenters. The number of likely N-dealkylation sites (tertiary alicyclic amines) is 1. The molecular weight excluding hydrogens is 289 g/mol. The smallest absolute Gasteiger partial charge is 0.123 e. The Balaban J connectivity index is 2.31. The lowest BCUT2D eigenvalue weighted by Crippen LogP contribution is -2.54. The van der Waals surface area contributed by atoms with Crippen LogP contribution in [0.3, 0.4) is 0 Å². The third kappa shape index (κ3) is 3.75. The molecule has 3 N–H and O–H groups in total. The summed E-state index contributed by atoms with van der Waals surface area (Å²) in [4.78, 5) is 2.44. The van der Waals surface area contributed by atoms with E-state index in [0.29, 0.717) is 10.6 Å². The average molecular weight is 314 g/mol. The Bertz CT molecular complexity index is 471. The van der Waals surface area contributed by atoms with Gasteiger partial charge in [-0.3, -0.25) is 16.2 Å². The van der Waals surface area contributed by atoms with E-state index in [1.807, 2.05) is 0 Å². The van der Waals surface area contributed by atoms with Gasteiger partial charge >= 0.3 is 0 Å². The highest BCUT2D eigenvalue weighted by atomic mass is 35.5. The predicted molar refractivity (Wildman–Crippen MR) is 85.6 cm³/mol. The number of benzene rings is 1. The second kappa shape index (κ2) is 7.05. The SMILES string of the molecule is CC(C)(C(NN)c1cc(F)ccc1Cl)N1CCCCCC1. The van der Waals surface area contributed by atoms with Crippen molar-refractivity contribution >= 4 is 11.6 Å². The van der Waals surface area contributed by atoms with Gasteiger partial charge in [-0.2, -0.15) is 0 Å². The maximum atomic E-state index is 13.6. The van der Waals surface area contributed by atoms with Crippen LogP contribution in [-0.2, 0) is 0 Å². The molecule has 1 aromatic carbocycles. The number of hydrogen-bond donors (Lipinski definition) is 2. The third-order valence-corrected chi connectivity index (χ3v) is 4.91. The molecule has 0 aliphatic carbocycles. The van der Waals surface area contributed by atoms with Gasteiger partial charge < -0.3 is 0 Å². The fourth-order valence-electron chi connectivity index (χ4n) is 3.24. The van der Waals surface area contributed by atoms with E-state index in [2.05, 4.69) is 24.2 Å². The molecule has 5 heteroatoms. The molecule has 1 saturated heterocycles. The van der Waals surface area contributed by atoms with E-state index in [1.54, 1.807) is 6.07 Å². The molecule has 0 amide bonds. The number of halogens is 2. The number of hydrogen-bond acceptors (Lipinski definition) is 3. The van der Waals surface area contributed by atoms with Gasteiger partial charge in [0, 0.05) is 10.6 Å². The number of nitrogens with zero attached hydrogens (tertiary/aromatic N) is 1. The number of rotatable bonds is 4. The minimum atomic E-state index is -0.290. The first-order chi connectivity index (χ1) is 9.96. The molecule has 1 aromatic rings. The van der Waals surface area contributed by atoms with E-state index >= 15 is 0 Å². The molecule has 21 heavy (non-hydrogen) atoms. The lowest BCUT2D eigenvalue weighted by atomic mass is 9.87. The average Bonchev–Trinajstić information content (AvgIpc) is 2.72. The summed E-state index contributed by atoms with van der Waals surface area (Å²) < 4.78 is 13.6. The van der Waals surface area contributed by atoms with Gasteiger partial charge in [0.25, 0.3) is 0 Å². The monoisotopic (exact) mass is 313 g/mol. The summed E-state index contributed by atoms with van der Waals surface area (Å²) >= 11 is 6.27. The molecule has 1 aliphatic rings. The van der Waals surface area contributed by atoms with E-state index in [9.17, 15) is 4.39 Å². The Kier molecular flexibility index (Phi) is 5.60. The molecule has 0 spiro atoms. The number of hydrazine groups is 1. The molecule has 1 aliphatic heterocycles. The summed E-state index contributed by atoms with van der Waals surface area (Å²) in [7, 11) is 0. The molecule has 1 heterocycles. The van der Waals surface area contributed by atoms with Crippen molar-refractivity contribution in [3.05, 3.63) is 34.6 Å². The van der Waals surface area contributed by atoms with Crippen molar-refractivity contribution in [3.63, 3.8) is 0 Å². The van der Waals surface area contributed by atoms with Gasteiger partial charge in [0.05, 0.1) is 6.04 Å². The number of nitrogens with two attached hydrogens (primary N) is 1. The summed E-state index contributed by atoms with van der Waals surface area (Å²) in [6.45, 7) is 6.37. The summed E-state index contributed by atoms with van der Waals surface area (Å²) in [5.41, 5.74) is 3.33. The van der Waals surface area contributed by atoms with Crippen LogP contribution < -0.4 is 11.3 Å². The molecule has 0 aromatic heterocycles. The van der Waals surface area contributed by atoms with E-state index < -0.39 is 0 Å². The Morgan fingerprint density at radius 2 is 1.86 bits per heavy atom. The van der Waals surface area contributed by atoms with E-state index in [0.717, 1.165) is 13.1 Å². The van der Waals surface area contributed by atoms with Crippen molar-refractivity contribution in [2.45, 2.75) is 51.1 Å². The largest absolute Gasteiger partial charge is 0.296 e. The summed E-state index contributed by atoms with van der Waals surface area (Å²) in [5, 5.41) is 0.544. The Morgan fingerprint density at radius 1 is 1.24 bits per heavy atom. The van der Waals surface area contributed by atoms with Crippen LogP contribution in [0.25, 0.3) is 0 Å². The molecular formula is C16H25ClFN3. The first-order valence-corrected chi connectivity index (χ1v) is 8.00. The van der Waals surface area contributed by atoms with Crippen molar-refractivity contribution in [2.24, 2.45) is 5.84 Å². The topological polar surface area (TPSA) is 41.3 Å². The van der Waals surface area contributed by atoms with Crippen LogP contribution in [0, 0.1) is 5.82 Å². The van der Waals surface area contributed by atoms with Crippen molar-refractivity contribution in [1.29, 1.82) is 0 Å². The second-order valence-electron chi connectivity index (χ2n) is 6.32. The van der Waals surface area contributed by atoms with Crippen molar-refractivity contribution in [2.75, 3.05) is 13.1 Å². The van der Waals surface area contributed by atoms with Crippen LogP contribution >= 0.6 is 11.6 Å². The van der Waals surface area contributed by atoms with Crippen LogP contribution in [0.15, 0.2) is 18.2 Å². The minimum absolute atomic E-state index is 0.223. The summed E-state index contributed by atoms with van der Waals surface area (Å²) in [6.07, 6.45) is 4.93. The van der Waals surface area contributed by atoms with Crippen LogP contribution in [0.1, 0.15) is 51.1 Å². The fourth-order valence-corrected chi connectivity index (χ4v) is 3.47. The van der Waals surface area contributed by atoms with Crippen LogP contribution in [0.2, 0.25) is 5.02 Å². The van der Waals surface area contributed by atoms with Crippen LogP contribution in [0.5, 0.6) is 0 Å². The van der Waals surface area contributed by atoms with Crippen LogP contribution in [-0.4, -0.2) is 23.5 Å².